The molecule has 0 spiro atoms. The summed E-state index contributed by atoms with van der Waals surface area (Å²) in [4.78, 5) is 7.90. The Kier molecular flexibility index (Phi) is 4.75. The zero-order valence-corrected chi connectivity index (χ0v) is 18.7. The second kappa shape index (κ2) is 7.33. The lowest BCUT2D eigenvalue weighted by molar-refractivity contribution is 0.509. The standard InChI is InChI=1S/C25H23NO2S2/c1-16-8-13-20-23(14-16)29-25-24(20)21(17-6-4-3-5-7-17)15-22(26-25)18-9-11-19(12-10-18)30(2,27)28/h3-7,9-12,15-16H,8,13-14H2,1-2H3/t16-/m1/s1. The Morgan fingerprint density at radius 2 is 1.73 bits per heavy atom. The Morgan fingerprint density at radius 1 is 1.00 bits per heavy atom. The van der Waals surface area contributed by atoms with E-state index in [0.717, 1.165) is 28.9 Å². The first-order valence-electron chi connectivity index (χ1n) is 10.2. The highest BCUT2D eigenvalue weighted by Crippen LogP contribution is 2.43. The van der Waals surface area contributed by atoms with Crippen LogP contribution < -0.4 is 0 Å². The molecule has 4 aromatic rings. The van der Waals surface area contributed by atoms with Crippen LogP contribution in [-0.4, -0.2) is 19.7 Å². The van der Waals surface area contributed by atoms with Gasteiger partial charge >= 0.3 is 0 Å². The van der Waals surface area contributed by atoms with Gasteiger partial charge in [-0.3, -0.25) is 0 Å². The monoisotopic (exact) mass is 433 g/mol. The Balaban J connectivity index is 1.73. The van der Waals surface area contributed by atoms with Gasteiger partial charge in [0.2, 0.25) is 0 Å². The highest BCUT2D eigenvalue weighted by molar-refractivity contribution is 7.90. The Hall–Kier alpha value is -2.50. The molecule has 0 saturated heterocycles. The summed E-state index contributed by atoms with van der Waals surface area (Å²) in [5.41, 5.74) is 5.70. The van der Waals surface area contributed by atoms with E-state index >= 15 is 0 Å². The highest BCUT2D eigenvalue weighted by Gasteiger charge is 2.24. The quantitative estimate of drug-likeness (QED) is 0.389. The summed E-state index contributed by atoms with van der Waals surface area (Å²) in [5, 5.41) is 1.30. The summed E-state index contributed by atoms with van der Waals surface area (Å²) in [6, 6.07) is 19.7. The molecule has 2 aromatic carbocycles. The molecule has 30 heavy (non-hydrogen) atoms. The van der Waals surface area contributed by atoms with Crippen molar-refractivity contribution in [1.29, 1.82) is 0 Å². The van der Waals surface area contributed by atoms with Crippen molar-refractivity contribution >= 4 is 31.4 Å². The van der Waals surface area contributed by atoms with Gasteiger partial charge in [0.1, 0.15) is 4.83 Å². The average molecular weight is 434 g/mol. The van der Waals surface area contributed by atoms with Crippen LogP contribution in [0.5, 0.6) is 0 Å². The topological polar surface area (TPSA) is 47.0 Å². The minimum Gasteiger partial charge on any atom is -0.237 e. The van der Waals surface area contributed by atoms with Gasteiger partial charge in [-0.05, 0) is 60.1 Å². The van der Waals surface area contributed by atoms with Gasteiger partial charge in [-0.2, -0.15) is 0 Å². The first-order valence-corrected chi connectivity index (χ1v) is 12.9. The molecule has 0 N–H and O–H groups in total. The van der Waals surface area contributed by atoms with Crippen molar-refractivity contribution in [2.75, 3.05) is 6.26 Å². The van der Waals surface area contributed by atoms with Gasteiger partial charge in [0.15, 0.2) is 9.84 Å². The fourth-order valence-electron chi connectivity index (χ4n) is 4.31. The van der Waals surface area contributed by atoms with Crippen LogP contribution in [0.15, 0.2) is 65.6 Å². The van der Waals surface area contributed by atoms with E-state index in [1.54, 1.807) is 12.1 Å². The zero-order valence-electron chi connectivity index (χ0n) is 17.1. The number of fused-ring (bicyclic) bond motifs is 3. The third-order valence-electron chi connectivity index (χ3n) is 5.93. The summed E-state index contributed by atoms with van der Waals surface area (Å²) in [5.74, 6) is 0.716. The predicted octanol–water partition coefficient (Wildman–Crippen LogP) is 6.16. The first-order chi connectivity index (χ1) is 14.4. The van der Waals surface area contributed by atoms with Crippen LogP contribution in [0.1, 0.15) is 23.8 Å². The average Bonchev–Trinajstić information content (AvgIpc) is 3.10. The van der Waals surface area contributed by atoms with Crippen molar-refractivity contribution < 1.29 is 8.42 Å². The fraction of sp³-hybridized carbons (Fsp3) is 0.240. The molecule has 1 aliphatic carbocycles. The number of thiophene rings is 1. The molecule has 0 fully saturated rings. The summed E-state index contributed by atoms with van der Waals surface area (Å²) >= 11 is 1.82. The molecular formula is C25H23NO2S2. The number of sulfone groups is 1. The molecule has 1 atom stereocenters. The summed E-state index contributed by atoms with van der Waals surface area (Å²) in [7, 11) is -3.21. The number of rotatable bonds is 3. The third-order valence-corrected chi connectivity index (χ3v) is 8.21. The molecule has 0 bridgehead atoms. The minimum atomic E-state index is -3.21. The lowest BCUT2D eigenvalue weighted by Gasteiger charge is -2.18. The van der Waals surface area contributed by atoms with Crippen LogP contribution in [0.3, 0.4) is 0 Å². The van der Waals surface area contributed by atoms with Crippen LogP contribution in [0.25, 0.3) is 32.6 Å². The second-order valence-corrected chi connectivity index (χ2v) is 11.3. The molecule has 0 aliphatic heterocycles. The van der Waals surface area contributed by atoms with E-state index in [1.807, 2.05) is 29.5 Å². The van der Waals surface area contributed by atoms with Gasteiger partial charge in [-0.25, -0.2) is 13.4 Å². The molecule has 0 radical (unpaired) electrons. The minimum absolute atomic E-state index is 0.330. The molecular weight excluding hydrogens is 410 g/mol. The fourth-order valence-corrected chi connectivity index (χ4v) is 6.35. The van der Waals surface area contributed by atoms with Gasteiger partial charge in [0.25, 0.3) is 0 Å². The first kappa shape index (κ1) is 19.5. The molecule has 152 valence electrons. The van der Waals surface area contributed by atoms with Crippen molar-refractivity contribution in [3.8, 4) is 22.4 Å². The SMILES string of the molecule is C[C@@H]1CCc2c(sc3nc(-c4ccc(S(C)(=O)=O)cc4)cc(-c4ccccc4)c23)C1. The number of pyridine rings is 1. The smallest absolute Gasteiger partial charge is 0.175 e. The molecule has 0 amide bonds. The van der Waals surface area contributed by atoms with Crippen molar-refractivity contribution in [1.82, 2.24) is 4.98 Å². The normalized spacial score (nSPS) is 16.5. The second-order valence-electron chi connectivity index (χ2n) is 8.25. The molecule has 0 saturated carbocycles. The van der Waals surface area contributed by atoms with Crippen LogP contribution in [0.4, 0.5) is 0 Å². The molecule has 0 unspecified atom stereocenters. The Morgan fingerprint density at radius 3 is 2.43 bits per heavy atom. The highest BCUT2D eigenvalue weighted by atomic mass is 32.2. The predicted molar refractivity (Wildman–Crippen MR) is 125 cm³/mol. The van der Waals surface area contributed by atoms with Crippen molar-refractivity contribution in [2.45, 2.75) is 31.1 Å². The number of hydrogen-bond donors (Lipinski definition) is 0. The summed E-state index contributed by atoms with van der Waals surface area (Å²) in [6.45, 7) is 2.33. The molecule has 5 heteroatoms. The van der Waals surface area contributed by atoms with Crippen LogP contribution in [-0.2, 0) is 22.7 Å². The summed E-state index contributed by atoms with van der Waals surface area (Å²) < 4.78 is 23.6. The van der Waals surface area contributed by atoms with Gasteiger partial charge in [-0.15, -0.1) is 11.3 Å². The van der Waals surface area contributed by atoms with Gasteiger partial charge in [-0.1, -0.05) is 49.4 Å². The van der Waals surface area contributed by atoms with E-state index in [1.165, 1.54) is 39.6 Å². The maximum Gasteiger partial charge on any atom is 0.175 e. The molecule has 2 heterocycles. The maximum atomic E-state index is 11.8. The van der Waals surface area contributed by atoms with Gasteiger partial charge in [0.05, 0.1) is 10.6 Å². The van der Waals surface area contributed by atoms with Crippen LogP contribution in [0.2, 0.25) is 0 Å². The number of nitrogens with zero attached hydrogens (tertiary/aromatic N) is 1. The molecule has 5 rings (SSSR count). The van der Waals surface area contributed by atoms with Gasteiger partial charge in [0, 0.05) is 22.1 Å². The summed E-state index contributed by atoms with van der Waals surface area (Å²) in [6.07, 6.45) is 4.70. The molecule has 3 nitrogen and oxygen atoms in total. The van der Waals surface area contributed by atoms with Gasteiger partial charge < -0.3 is 0 Å². The maximum absolute atomic E-state index is 11.8. The lowest BCUT2D eigenvalue weighted by Crippen LogP contribution is -2.08. The van der Waals surface area contributed by atoms with Crippen molar-refractivity contribution in [2.24, 2.45) is 5.92 Å². The number of aryl methyl sites for hydroxylation is 1. The Labute approximate surface area is 181 Å². The lowest BCUT2D eigenvalue weighted by atomic mass is 9.87. The molecule has 1 aliphatic rings. The zero-order chi connectivity index (χ0) is 20.9. The van der Waals surface area contributed by atoms with E-state index < -0.39 is 9.84 Å². The van der Waals surface area contributed by atoms with Crippen molar-refractivity contribution in [3.63, 3.8) is 0 Å². The number of aromatic nitrogens is 1. The third kappa shape index (κ3) is 3.46. The number of benzene rings is 2. The van der Waals surface area contributed by atoms with Crippen LogP contribution in [0, 0.1) is 5.92 Å². The van der Waals surface area contributed by atoms with E-state index in [-0.39, 0.29) is 0 Å². The van der Waals surface area contributed by atoms with Crippen LogP contribution >= 0.6 is 11.3 Å². The van der Waals surface area contributed by atoms with E-state index in [9.17, 15) is 8.42 Å². The Bertz CT molecular complexity index is 1340. The van der Waals surface area contributed by atoms with E-state index in [0.29, 0.717) is 10.8 Å². The van der Waals surface area contributed by atoms with Crippen molar-refractivity contribution in [3.05, 3.63) is 71.1 Å². The number of hydrogen-bond acceptors (Lipinski definition) is 4. The largest absolute Gasteiger partial charge is 0.237 e. The van der Waals surface area contributed by atoms with E-state index in [2.05, 4.69) is 37.3 Å². The van der Waals surface area contributed by atoms with E-state index in [4.69, 9.17) is 4.98 Å². The molecule has 2 aromatic heterocycles.